The van der Waals surface area contributed by atoms with Crippen LogP contribution in [0.15, 0.2) is 12.4 Å². The van der Waals surface area contributed by atoms with E-state index in [0.29, 0.717) is 25.4 Å². The maximum atomic E-state index is 11.2. The molecule has 0 aromatic carbocycles. The zero-order valence-electron chi connectivity index (χ0n) is 10.7. The summed E-state index contributed by atoms with van der Waals surface area (Å²) < 4.78 is 0. The Balaban J connectivity index is 2.41. The molecule has 0 unspecified atom stereocenters. The summed E-state index contributed by atoms with van der Waals surface area (Å²) in [5.41, 5.74) is 1.00. The number of carbonyl (C=O) groups is 1. The molecule has 0 aliphatic heterocycles. The van der Waals surface area contributed by atoms with Gasteiger partial charge in [0.25, 0.3) is 0 Å². The molecule has 0 radical (unpaired) electrons. The Morgan fingerprint density at radius 2 is 2.18 bits per heavy atom. The van der Waals surface area contributed by atoms with Gasteiger partial charge in [0.05, 0.1) is 0 Å². The number of carbonyl (C=O) groups excluding carboxylic acids is 1. The van der Waals surface area contributed by atoms with E-state index in [4.69, 9.17) is 0 Å². The number of aromatic nitrogens is 2. The summed E-state index contributed by atoms with van der Waals surface area (Å²) in [5.74, 6) is 1.20. The SMILES string of the molecule is CCNC(=O)CCNc1cc(C(C)C)ncn1. The summed E-state index contributed by atoms with van der Waals surface area (Å²) >= 11 is 0. The number of hydrogen-bond acceptors (Lipinski definition) is 4. The van der Waals surface area contributed by atoms with Crippen LogP contribution in [0.25, 0.3) is 0 Å². The van der Waals surface area contributed by atoms with Crippen LogP contribution in [0.1, 0.15) is 38.8 Å². The normalized spacial score (nSPS) is 10.4. The van der Waals surface area contributed by atoms with Gasteiger partial charge in [-0.15, -0.1) is 0 Å². The molecule has 0 saturated carbocycles. The van der Waals surface area contributed by atoms with E-state index in [1.54, 1.807) is 6.33 Å². The first-order chi connectivity index (χ1) is 8.13. The van der Waals surface area contributed by atoms with E-state index >= 15 is 0 Å². The van der Waals surface area contributed by atoms with Crippen molar-refractivity contribution in [3.8, 4) is 0 Å². The first-order valence-corrected chi connectivity index (χ1v) is 5.96. The van der Waals surface area contributed by atoms with E-state index in [-0.39, 0.29) is 5.91 Å². The van der Waals surface area contributed by atoms with Gasteiger partial charge in [-0.2, -0.15) is 0 Å². The highest BCUT2D eigenvalue weighted by atomic mass is 16.1. The van der Waals surface area contributed by atoms with Crippen LogP contribution in [0.3, 0.4) is 0 Å². The van der Waals surface area contributed by atoms with Gasteiger partial charge in [0.1, 0.15) is 12.1 Å². The minimum atomic E-state index is 0.0538. The molecule has 0 spiro atoms. The minimum absolute atomic E-state index is 0.0538. The third kappa shape index (κ3) is 4.80. The predicted octanol–water partition coefficient (Wildman–Crippen LogP) is 1.54. The summed E-state index contributed by atoms with van der Waals surface area (Å²) in [5, 5.41) is 5.87. The van der Waals surface area contributed by atoms with Gasteiger partial charge in [0, 0.05) is 31.3 Å². The number of amides is 1. The molecule has 0 bridgehead atoms. The zero-order chi connectivity index (χ0) is 12.7. The van der Waals surface area contributed by atoms with Gasteiger partial charge in [0.2, 0.25) is 5.91 Å². The van der Waals surface area contributed by atoms with Crippen molar-refractivity contribution in [3.05, 3.63) is 18.1 Å². The molecule has 0 atom stereocenters. The molecule has 1 aromatic rings. The van der Waals surface area contributed by atoms with Crippen molar-refractivity contribution in [1.82, 2.24) is 15.3 Å². The van der Waals surface area contributed by atoms with E-state index in [0.717, 1.165) is 11.5 Å². The Bertz CT molecular complexity index is 365. The van der Waals surface area contributed by atoms with Crippen LogP contribution in [0.4, 0.5) is 5.82 Å². The van der Waals surface area contributed by atoms with Crippen LogP contribution in [0, 0.1) is 0 Å². The van der Waals surface area contributed by atoms with Crippen molar-refractivity contribution in [2.24, 2.45) is 0 Å². The third-order valence-corrected chi connectivity index (χ3v) is 2.31. The topological polar surface area (TPSA) is 66.9 Å². The van der Waals surface area contributed by atoms with Crippen LogP contribution >= 0.6 is 0 Å². The molecule has 17 heavy (non-hydrogen) atoms. The second-order valence-corrected chi connectivity index (χ2v) is 4.11. The predicted molar refractivity (Wildman–Crippen MR) is 67.9 cm³/mol. The smallest absolute Gasteiger partial charge is 0.221 e. The number of anilines is 1. The van der Waals surface area contributed by atoms with E-state index in [1.807, 2.05) is 13.0 Å². The number of rotatable bonds is 6. The molecule has 1 aromatic heterocycles. The van der Waals surface area contributed by atoms with Crippen LogP contribution in [0.5, 0.6) is 0 Å². The standard InChI is InChI=1S/C12H20N4O/c1-4-13-12(17)5-6-14-11-7-10(9(2)3)15-8-16-11/h7-9H,4-6H2,1-3H3,(H,13,17)(H,14,15,16). The first-order valence-electron chi connectivity index (χ1n) is 5.96. The number of nitrogens with zero attached hydrogens (tertiary/aromatic N) is 2. The average molecular weight is 236 g/mol. The van der Waals surface area contributed by atoms with E-state index in [9.17, 15) is 4.79 Å². The monoisotopic (exact) mass is 236 g/mol. The largest absolute Gasteiger partial charge is 0.369 e. The van der Waals surface area contributed by atoms with Crippen molar-refractivity contribution < 1.29 is 4.79 Å². The maximum Gasteiger partial charge on any atom is 0.221 e. The molecule has 1 rings (SSSR count). The Morgan fingerprint density at radius 1 is 1.41 bits per heavy atom. The fourth-order valence-corrected chi connectivity index (χ4v) is 1.37. The van der Waals surface area contributed by atoms with Gasteiger partial charge < -0.3 is 10.6 Å². The lowest BCUT2D eigenvalue weighted by Gasteiger charge is -2.08. The quantitative estimate of drug-likeness (QED) is 0.786. The van der Waals surface area contributed by atoms with E-state index in [2.05, 4.69) is 34.4 Å². The Morgan fingerprint density at radius 3 is 2.82 bits per heavy atom. The summed E-state index contributed by atoms with van der Waals surface area (Å²) in [6.07, 6.45) is 2.00. The molecule has 0 aliphatic carbocycles. The van der Waals surface area contributed by atoms with Crippen molar-refractivity contribution in [2.45, 2.75) is 33.1 Å². The van der Waals surface area contributed by atoms with Crippen molar-refractivity contribution >= 4 is 11.7 Å². The van der Waals surface area contributed by atoms with E-state index in [1.165, 1.54) is 0 Å². The first kappa shape index (κ1) is 13.4. The molecule has 2 N–H and O–H groups in total. The van der Waals surface area contributed by atoms with Crippen LogP contribution in [0.2, 0.25) is 0 Å². The van der Waals surface area contributed by atoms with Crippen LogP contribution < -0.4 is 10.6 Å². The Kier molecular flexibility index (Phi) is 5.39. The molecular weight excluding hydrogens is 216 g/mol. The number of nitrogens with one attached hydrogen (secondary N) is 2. The lowest BCUT2D eigenvalue weighted by atomic mass is 10.1. The van der Waals surface area contributed by atoms with Crippen LogP contribution in [-0.2, 0) is 4.79 Å². The van der Waals surface area contributed by atoms with Crippen molar-refractivity contribution in [1.29, 1.82) is 0 Å². The Labute approximate surface area is 102 Å². The molecule has 0 fully saturated rings. The molecule has 5 nitrogen and oxygen atoms in total. The van der Waals surface area contributed by atoms with E-state index < -0.39 is 0 Å². The summed E-state index contributed by atoms with van der Waals surface area (Å²) in [4.78, 5) is 19.5. The highest BCUT2D eigenvalue weighted by Gasteiger charge is 2.03. The summed E-state index contributed by atoms with van der Waals surface area (Å²) in [6.45, 7) is 7.33. The molecule has 0 saturated heterocycles. The van der Waals surface area contributed by atoms with Crippen molar-refractivity contribution in [3.63, 3.8) is 0 Å². The molecule has 1 amide bonds. The molecule has 0 aliphatic rings. The second kappa shape index (κ2) is 6.83. The van der Waals surface area contributed by atoms with Gasteiger partial charge in [-0.1, -0.05) is 13.8 Å². The molecule has 1 heterocycles. The fraction of sp³-hybridized carbons (Fsp3) is 0.583. The average Bonchev–Trinajstić information content (AvgIpc) is 2.30. The van der Waals surface area contributed by atoms with Gasteiger partial charge >= 0.3 is 0 Å². The van der Waals surface area contributed by atoms with Gasteiger partial charge in [-0.25, -0.2) is 9.97 Å². The zero-order valence-corrected chi connectivity index (χ0v) is 10.7. The highest BCUT2D eigenvalue weighted by Crippen LogP contribution is 2.13. The summed E-state index contributed by atoms with van der Waals surface area (Å²) in [6, 6.07) is 1.92. The minimum Gasteiger partial charge on any atom is -0.369 e. The second-order valence-electron chi connectivity index (χ2n) is 4.11. The van der Waals surface area contributed by atoms with Gasteiger partial charge in [0.15, 0.2) is 0 Å². The van der Waals surface area contributed by atoms with Crippen LogP contribution in [-0.4, -0.2) is 29.0 Å². The Hall–Kier alpha value is -1.65. The highest BCUT2D eigenvalue weighted by molar-refractivity contribution is 5.76. The lowest BCUT2D eigenvalue weighted by molar-refractivity contribution is -0.120. The number of hydrogen-bond donors (Lipinski definition) is 2. The fourth-order valence-electron chi connectivity index (χ4n) is 1.37. The summed E-state index contributed by atoms with van der Waals surface area (Å²) in [7, 11) is 0. The third-order valence-electron chi connectivity index (χ3n) is 2.31. The lowest BCUT2D eigenvalue weighted by Crippen LogP contribution is -2.24. The molecule has 94 valence electrons. The molecule has 5 heteroatoms. The van der Waals surface area contributed by atoms with Crippen molar-refractivity contribution in [2.75, 3.05) is 18.4 Å². The maximum absolute atomic E-state index is 11.2. The molecular formula is C12H20N4O. The van der Waals surface area contributed by atoms with Gasteiger partial charge in [-0.3, -0.25) is 4.79 Å². The van der Waals surface area contributed by atoms with Gasteiger partial charge in [-0.05, 0) is 12.8 Å².